The van der Waals surface area contributed by atoms with Crippen LogP contribution in [0.3, 0.4) is 0 Å². The highest BCUT2D eigenvalue weighted by Gasteiger charge is 2.15. The monoisotopic (exact) mass is 224 g/mol. The van der Waals surface area contributed by atoms with Gasteiger partial charge in [-0.2, -0.15) is 0 Å². The SMILES string of the molecule is CCc1c(OC)ccc(OC)c1CC(=O)O. The lowest BCUT2D eigenvalue weighted by Gasteiger charge is -2.15. The fourth-order valence-corrected chi connectivity index (χ4v) is 1.77. The lowest BCUT2D eigenvalue weighted by molar-refractivity contribution is -0.136. The van der Waals surface area contributed by atoms with Crippen LogP contribution < -0.4 is 9.47 Å². The molecule has 1 aromatic rings. The van der Waals surface area contributed by atoms with Crippen molar-refractivity contribution in [1.82, 2.24) is 0 Å². The van der Waals surface area contributed by atoms with Gasteiger partial charge >= 0.3 is 5.97 Å². The van der Waals surface area contributed by atoms with E-state index in [0.717, 1.165) is 5.56 Å². The Bertz CT molecular complexity index is 385. The van der Waals surface area contributed by atoms with E-state index in [4.69, 9.17) is 14.6 Å². The Morgan fingerprint density at radius 1 is 1.19 bits per heavy atom. The quantitative estimate of drug-likeness (QED) is 0.829. The number of carboxylic acids is 1. The Labute approximate surface area is 94.8 Å². The maximum atomic E-state index is 10.8. The Morgan fingerprint density at radius 2 is 1.69 bits per heavy atom. The molecular formula is C12H16O4. The van der Waals surface area contributed by atoms with Gasteiger partial charge in [0.05, 0.1) is 20.6 Å². The number of rotatable bonds is 5. The number of carbonyl (C=O) groups is 1. The van der Waals surface area contributed by atoms with E-state index in [1.54, 1.807) is 19.2 Å². The first-order valence-electron chi connectivity index (χ1n) is 5.08. The summed E-state index contributed by atoms with van der Waals surface area (Å²) < 4.78 is 10.4. The van der Waals surface area contributed by atoms with Crippen LogP contribution in [0.5, 0.6) is 11.5 Å². The van der Waals surface area contributed by atoms with Crippen molar-refractivity contribution in [3.63, 3.8) is 0 Å². The summed E-state index contributed by atoms with van der Waals surface area (Å²) in [5.41, 5.74) is 1.58. The topological polar surface area (TPSA) is 55.8 Å². The first-order chi connectivity index (χ1) is 7.63. The number of aliphatic carboxylic acids is 1. The van der Waals surface area contributed by atoms with Crippen LogP contribution >= 0.6 is 0 Å². The smallest absolute Gasteiger partial charge is 0.307 e. The van der Waals surface area contributed by atoms with Crippen LogP contribution in [0.15, 0.2) is 12.1 Å². The summed E-state index contributed by atoms with van der Waals surface area (Å²) in [6.07, 6.45) is 0.659. The van der Waals surface area contributed by atoms with Crippen LogP contribution in [0.1, 0.15) is 18.1 Å². The third-order valence-corrected chi connectivity index (χ3v) is 2.47. The third-order valence-electron chi connectivity index (χ3n) is 2.47. The Balaban J connectivity index is 3.30. The van der Waals surface area contributed by atoms with Crippen molar-refractivity contribution in [2.75, 3.05) is 14.2 Å². The van der Waals surface area contributed by atoms with Crippen LogP contribution in [-0.2, 0) is 17.6 Å². The van der Waals surface area contributed by atoms with Crippen molar-refractivity contribution in [2.24, 2.45) is 0 Å². The summed E-state index contributed by atoms with van der Waals surface area (Å²) in [5.74, 6) is 0.431. The predicted octanol–water partition coefficient (Wildman–Crippen LogP) is 1.89. The molecule has 4 heteroatoms. The minimum Gasteiger partial charge on any atom is -0.496 e. The first-order valence-corrected chi connectivity index (χ1v) is 5.08. The molecule has 0 aliphatic rings. The van der Waals surface area contributed by atoms with Crippen molar-refractivity contribution in [2.45, 2.75) is 19.8 Å². The largest absolute Gasteiger partial charge is 0.496 e. The summed E-state index contributed by atoms with van der Waals surface area (Å²) in [6.45, 7) is 1.96. The van der Waals surface area contributed by atoms with Gasteiger partial charge in [0.25, 0.3) is 0 Å². The second kappa shape index (κ2) is 5.39. The van der Waals surface area contributed by atoms with Crippen LogP contribution in [0.2, 0.25) is 0 Å². The van der Waals surface area contributed by atoms with Crippen LogP contribution in [0.25, 0.3) is 0 Å². The molecule has 0 aliphatic carbocycles. The van der Waals surface area contributed by atoms with E-state index < -0.39 is 5.97 Å². The molecule has 0 saturated carbocycles. The average Bonchev–Trinajstić information content (AvgIpc) is 2.27. The zero-order valence-corrected chi connectivity index (χ0v) is 9.74. The predicted molar refractivity (Wildman–Crippen MR) is 60.3 cm³/mol. The highest BCUT2D eigenvalue weighted by Crippen LogP contribution is 2.31. The van der Waals surface area contributed by atoms with Gasteiger partial charge in [-0.05, 0) is 18.6 Å². The second-order valence-electron chi connectivity index (χ2n) is 3.35. The Kier molecular flexibility index (Phi) is 4.17. The molecule has 1 N–H and O–H groups in total. The van der Waals surface area contributed by atoms with E-state index >= 15 is 0 Å². The number of hydrogen-bond donors (Lipinski definition) is 1. The summed E-state index contributed by atoms with van der Waals surface area (Å²) in [4.78, 5) is 10.8. The van der Waals surface area contributed by atoms with Crippen molar-refractivity contribution in [3.05, 3.63) is 23.3 Å². The van der Waals surface area contributed by atoms with Gasteiger partial charge in [-0.3, -0.25) is 4.79 Å². The van der Waals surface area contributed by atoms with Crippen molar-refractivity contribution in [3.8, 4) is 11.5 Å². The highest BCUT2D eigenvalue weighted by atomic mass is 16.5. The molecule has 0 amide bonds. The normalized spacial score (nSPS) is 9.94. The number of hydrogen-bond acceptors (Lipinski definition) is 3. The molecule has 0 radical (unpaired) electrons. The Hall–Kier alpha value is -1.71. The first kappa shape index (κ1) is 12.4. The lowest BCUT2D eigenvalue weighted by Crippen LogP contribution is -2.07. The van der Waals surface area contributed by atoms with Gasteiger partial charge in [0.2, 0.25) is 0 Å². The minimum absolute atomic E-state index is 0.0520. The van der Waals surface area contributed by atoms with Crippen molar-refractivity contribution in [1.29, 1.82) is 0 Å². The standard InChI is InChI=1S/C12H16O4/c1-4-8-9(7-12(13)14)11(16-3)6-5-10(8)15-2/h5-6H,4,7H2,1-3H3,(H,13,14). The molecule has 0 unspecified atom stereocenters. The second-order valence-corrected chi connectivity index (χ2v) is 3.35. The van der Waals surface area contributed by atoms with Gasteiger partial charge in [0.15, 0.2) is 0 Å². The molecule has 16 heavy (non-hydrogen) atoms. The third kappa shape index (κ3) is 2.45. The molecule has 0 aliphatic heterocycles. The van der Waals surface area contributed by atoms with Gasteiger partial charge in [-0.1, -0.05) is 6.92 Å². The van der Waals surface area contributed by atoms with E-state index in [1.165, 1.54) is 7.11 Å². The summed E-state index contributed by atoms with van der Waals surface area (Å²) in [7, 11) is 3.11. The van der Waals surface area contributed by atoms with Crippen molar-refractivity contribution >= 4 is 5.97 Å². The summed E-state index contributed by atoms with van der Waals surface area (Å²) in [6, 6.07) is 3.53. The van der Waals surface area contributed by atoms with E-state index in [0.29, 0.717) is 23.5 Å². The molecule has 0 spiro atoms. The molecule has 88 valence electrons. The van der Waals surface area contributed by atoms with E-state index in [2.05, 4.69) is 0 Å². The van der Waals surface area contributed by atoms with E-state index in [9.17, 15) is 4.79 Å². The van der Waals surface area contributed by atoms with Crippen LogP contribution in [-0.4, -0.2) is 25.3 Å². The van der Waals surface area contributed by atoms with E-state index in [1.807, 2.05) is 6.92 Å². The zero-order valence-electron chi connectivity index (χ0n) is 9.74. The fraction of sp³-hybridized carbons (Fsp3) is 0.417. The molecule has 0 aromatic heterocycles. The average molecular weight is 224 g/mol. The highest BCUT2D eigenvalue weighted by molar-refractivity contribution is 5.73. The van der Waals surface area contributed by atoms with Gasteiger partial charge < -0.3 is 14.6 Å². The molecule has 1 aromatic carbocycles. The molecule has 0 heterocycles. The van der Waals surface area contributed by atoms with Crippen LogP contribution in [0.4, 0.5) is 0 Å². The molecule has 0 saturated heterocycles. The molecule has 0 atom stereocenters. The maximum absolute atomic E-state index is 10.8. The Morgan fingerprint density at radius 3 is 2.06 bits per heavy atom. The van der Waals surface area contributed by atoms with Gasteiger partial charge in [0.1, 0.15) is 11.5 Å². The van der Waals surface area contributed by atoms with Gasteiger partial charge in [0, 0.05) is 11.1 Å². The van der Waals surface area contributed by atoms with Gasteiger partial charge in [-0.25, -0.2) is 0 Å². The van der Waals surface area contributed by atoms with Gasteiger partial charge in [-0.15, -0.1) is 0 Å². The fourth-order valence-electron chi connectivity index (χ4n) is 1.77. The van der Waals surface area contributed by atoms with E-state index in [-0.39, 0.29) is 6.42 Å². The molecule has 0 bridgehead atoms. The number of methoxy groups -OCH3 is 2. The summed E-state index contributed by atoms with van der Waals surface area (Å²) >= 11 is 0. The zero-order chi connectivity index (χ0) is 12.1. The summed E-state index contributed by atoms with van der Waals surface area (Å²) in [5, 5.41) is 8.87. The molecule has 0 fully saturated rings. The van der Waals surface area contributed by atoms with Crippen molar-refractivity contribution < 1.29 is 19.4 Å². The minimum atomic E-state index is -0.874. The lowest BCUT2D eigenvalue weighted by atomic mass is 10.00. The van der Waals surface area contributed by atoms with Crippen LogP contribution in [0, 0.1) is 0 Å². The number of ether oxygens (including phenoxy) is 2. The molecule has 4 nitrogen and oxygen atoms in total. The molecule has 1 rings (SSSR count). The number of benzene rings is 1. The number of carboxylic acid groups (broad SMARTS) is 1. The maximum Gasteiger partial charge on any atom is 0.307 e. The molecular weight excluding hydrogens is 208 g/mol.